The number of ether oxygens (including phenoxy) is 1. The predicted molar refractivity (Wildman–Crippen MR) is 131 cm³/mol. The van der Waals surface area contributed by atoms with Gasteiger partial charge in [0.05, 0.1) is 24.2 Å². The maximum absolute atomic E-state index is 13.5. The molecule has 0 bridgehead atoms. The zero-order valence-electron chi connectivity index (χ0n) is 18.9. The number of para-hydroxylation sites is 1. The number of aromatic nitrogens is 3. The number of hydrogen-bond donors (Lipinski definition) is 1. The van der Waals surface area contributed by atoms with Gasteiger partial charge in [0.15, 0.2) is 0 Å². The van der Waals surface area contributed by atoms with E-state index in [-0.39, 0.29) is 11.5 Å². The number of carbonyl (C=O) groups excluding carboxylic acids is 1. The lowest BCUT2D eigenvalue weighted by molar-refractivity contribution is -0.119. The first-order chi connectivity index (χ1) is 15.8. The molecule has 8 heteroatoms. The van der Waals surface area contributed by atoms with Gasteiger partial charge >= 0.3 is 0 Å². The highest BCUT2D eigenvalue weighted by Gasteiger charge is 2.26. The number of amides is 1. The molecular weight excluding hydrogens is 440 g/mol. The molecular formula is C25H25ClN4O3. The highest BCUT2D eigenvalue weighted by Crippen LogP contribution is 2.30. The van der Waals surface area contributed by atoms with Crippen LogP contribution in [0.15, 0.2) is 59.4 Å². The highest BCUT2D eigenvalue weighted by atomic mass is 35.5. The molecule has 2 heterocycles. The summed E-state index contributed by atoms with van der Waals surface area (Å²) in [7, 11) is 1.52. The van der Waals surface area contributed by atoms with Crippen LogP contribution >= 0.6 is 11.6 Å². The van der Waals surface area contributed by atoms with E-state index in [0.717, 1.165) is 22.3 Å². The summed E-state index contributed by atoms with van der Waals surface area (Å²) in [5.74, 6) is 0.137. The minimum Gasteiger partial charge on any atom is -0.495 e. The van der Waals surface area contributed by atoms with Crippen molar-refractivity contribution in [2.45, 2.75) is 33.2 Å². The van der Waals surface area contributed by atoms with Gasteiger partial charge in [0.25, 0.3) is 5.56 Å². The molecule has 33 heavy (non-hydrogen) atoms. The molecule has 1 atom stereocenters. The van der Waals surface area contributed by atoms with E-state index in [1.807, 2.05) is 51.1 Å². The van der Waals surface area contributed by atoms with Crippen LogP contribution in [0.4, 0.5) is 5.69 Å². The monoisotopic (exact) mass is 464 g/mol. The summed E-state index contributed by atoms with van der Waals surface area (Å²) in [6.07, 6.45) is 0.395. The Labute approximate surface area is 196 Å². The smallest absolute Gasteiger partial charge is 0.253 e. The van der Waals surface area contributed by atoms with Gasteiger partial charge in [0, 0.05) is 16.5 Å². The number of nitrogens with zero attached hydrogens (tertiary/aromatic N) is 3. The third kappa shape index (κ3) is 4.12. The fraction of sp³-hybridized carbons (Fsp3) is 0.240. The van der Waals surface area contributed by atoms with E-state index < -0.39 is 6.04 Å². The summed E-state index contributed by atoms with van der Waals surface area (Å²) in [4.78, 5) is 26.7. The molecule has 0 spiro atoms. The predicted octanol–water partition coefficient (Wildman–Crippen LogP) is 5.06. The number of halogens is 1. The minimum atomic E-state index is -0.775. The maximum atomic E-state index is 13.5. The van der Waals surface area contributed by atoms with Crippen LogP contribution in [0.25, 0.3) is 16.7 Å². The molecule has 4 rings (SSSR count). The molecule has 0 radical (unpaired) electrons. The summed E-state index contributed by atoms with van der Waals surface area (Å²) >= 11 is 6.13. The van der Waals surface area contributed by atoms with Crippen molar-refractivity contribution >= 4 is 34.2 Å². The summed E-state index contributed by atoms with van der Waals surface area (Å²) in [6, 6.07) is 15.3. The Hall–Kier alpha value is -3.58. The van der Waals surface area contributed by atoms with Gasteiger partial charge in [-0.25, -0.2) is 4.68 Å². The van der Waals surface area contributed by atoms with Crippen LogP contribution in [-0.2, 0) is 4.79 Å². The number of pyridine rings is 1. The number of methoxy groups -OCH3 is 1. The van der Waals surface area contributed by atoms with E-state index in [2.05, 4.69) is 5.32 Å². The van der Waals surface area contributed by atoms with Gasteiger partial charge in [-0.2, -0.15) is 5.10 Å². The second-order valence-electron chi connectivity index (χ2n) is 7.82. The zero-order chi connectivity index (χ0) is 23.7. The summed E-state index contributed by atoms with van der Waals surface area (Å²) in [5, 5.41) is 8.91. The first-order valence-corrected chi connectivity index (χ1v) is 11.0. The lowest BCUT2D eigenvalue weighted by Gasteiger charge is -2.21. The summed E-state index contributed by atoms with van der Waals surface area (Å²) in [6.45, 7) is 5.66. The maximum Gasteiger partial charge on any atom is 0.253 e. The standard InChI is InChI=1S/C25H25ClN4O3/c1-5-20(24(32)27-19-14-17(26)11-12-21(19)33-4)29-22(31)13-15(2)23-16(3)28-30(25(23)29)18-9-7-6-8-10-18/h6-14,20H,5H2,1-4H3,(H,27,32). The molecule has 2 aromatic heterocycles. The molecule has 170 valence electrons. The van der Waals surface area contributed by atoms with Crippen LogP contribution in [0.1, 0.15) is 30.6 Å². The Morgan fingerprint density at radius 1 is 1.15 bits per heavy atom. The van der Waals surface area contributed by atoms with Crippen molar-refractivity contribution in [3.8, 4) is 11.4 Å². The molecule has 4 aromatic rings. The van der Waals surface area contributed by atoms with Crippen LogP contribution < -0.4 is 15.6 Å². The molecule has 0 aliphatic carbocycles. The lowest BCUT2D eigenvalue weighted by Crippen LogP contribution is -2.34. The van der Waals surface area contributed by atoms with Gasteiger partial charge in [-0.15, -0.1) is 0 Å². The normalized spacial score (nSPS) is 12.0. The highest BCUT2D eigenvalue weighted by molar-refractivity contribution is 6.31. The van der Waals surface area contributed by atoms with Crippen molar-refractivity contribution in [1.82, 2.24) is 14.3 Å². The second-order valence-corrected chi connectivity index (χ2v) is 8.26. The minimum absolute atomic E-state index is 0.267. The molecule has 7 nitrogen and oxygen atoms in total. The van der Waals surface area contributed by atoms with Crippen LogP contribution in [0.3, 0.4) is 0 Å². The van der Waals surface area contributed by atoms with Gasteiger partial charge in [0.1, 0.15) is 17.4 Å². The van der Waals surface area contributed by atoms with Crippen molar-refractivity contribution in [2.75, 3.05) is 12.4 Å². The average molecular weight is 465 g/mol. The van der Waals surface area contributed by atoms with E-state index in [1.54, 1.807) is 28.9 Å². The fourth-order valence-electron chi connectivity index (χ4n) is 4.16. The topological polar surface area (TPSA) is 78.2 Å². The number of anilines is 1. The van der Waals surface area contributed by atoms with Gasteiger partial charge < -0.3 is 10.1 Å². The van der Waals surface area contributed by atoms with Crippen molar-refractivity contribution < 1.29 is 9.53 Å². The van der Waals surface area contributed by atoms with Gasteiger partial charge in [-0.1, -0.05) is 36.7 Å². The molecule has 0 saturated carbocycles. The van der Waals surface area contributed by atoms with Crippen molar-refractivity contribution in [2.24, 2.45) is 0 Å². The third-order valence-corrected chi connectivity index (χ3v) is 5.89. The molecule has 2 aromatic carbocycles. The Bertz CT molecular complexity index is 1390. The van der Waals surface area contributed by atoms with Crippen LogP contribution in [-0.4, -0.2) is 27.4 Å². The fourth-order valence-corrected chi connectivity index (χ4v) is 4.33. The average Bonchev–Trinajstić information content (AvgIpc) is 3.14. The first-order valence-electron chi connectivity index (χ1n) is 10.7. The Kier molecular flexibility index (Phi) is 6.24. The Balaban J connectivity index is 1.90. The number of rotatable bonds is 6. The zero-order valence-corrected chi connectivity index (χ0v) is 19.7. The molecule has 0 fully saturated rings. The number of hydrogen-bond acceptors (Lipinski definition) is 4. The molecule has 0 aliphatic heterocycles. The third-order valence-electron chi connectivity index (χ3n) is 5.66. The van der Waals surface area contributed by atoms with E-state index in [1.165, 1.54) is 11.7 Å². The number of benzene rings is 2. The van der Waals surface area contributed by atoms with Crippen LogP contribution in [0.5, 0.6) is 5.75 Å². The number of fused-ring (bicyclic) bond motifs is 1. The largest absolute Gasteiger partial charge is 0.495 e. The van der Waals surface area contributed by atoms with Crippen molar-refractivity contribution in [1.29, 1.82) is 0 Å². The Morgan fingerprint density at radius 3 is 2.55 bits per heavy atom. The molecule has 1 N–H and O–H groups in total. The van der Waals surface area contributed by atoms with Gasteiger partial charge in [0.2, 0.25) is 5.91 Å². The number of carbonyl (C=O) groups is 1. The van der Waals surface area contributed by atoms with Gasteiger partial charge in [-0.3, -0.25) is 14.2 Å². The number of nitrogens with one attached hydrogen (secondary N) is 1. The Morgan fingerprint density at radius 2 is 1.88 bits per heavy atom. The van der Waals surface area contributed by atoms with E-state index in [4.69, 9.17) is 21.4 Å². The van der Waals surface area contributed by atoms with Crippen LogP contribution in [0, 0.1) is 13.8 Å². The second kappa shape index (κ2) is 9.11. The number of aryl methyl sites for hydroxylation is 2. The molecule has 0 aliphatic rings. The quantitative estimate of drug-likeness (QED) is 0.433. The van der Waals surface area contributed by atoms with E-state index >= 15 is 0 Å². The summed E-state index contributed by atoms with van der Waals surface area (Å²) in [5.41, 5.74) is 3.17. The van der Waals surface area contributed by atoms with E-state index in [0.29, 0.717) is 28.5 Å². The molecule has 1 unspecified atom stereocenters. The lowest BCUT2D eigenvalue weighted by atomic mass is 10.1. The van der Waals surface area contributed by atoms with Crippen molar-refractivity contribution in [3.05, 3.63) is 81.2 Å². The first kappa shape index (κ1) is 22.6. The van der Waals surface area contributed by atoms with Crippen molar-refractivity contribution in [3.63, 3.8) is 0 Å². The molecule has 0 saturated heterocycles. The van der Waals surface area contributed by atoms with Crippen LogP contribution in [0.2, 0.25) is 5.02 Å². The SMILES string of the molecule is CCC(C(=O)Nc1cc(Cl)ccc1OC)n1c(=O)cc(C)c2c(C)nn(-c3ccccc3)c21. The summed E-state index contributed by atoms with van der Waals surface area (Å²) < 4.78 is 8.61. The van der Waals surface area contributed by atoms with Gasteiger partial charge in [-0.05, 0) is 56.2 Å². The van der Waals surface area contributed by atoms with E-state index in [9.17, 15) is 9.59 Å². The molecule has 1 amide bonds.